The van der Waals surface area contributed by atoms with Crippen molar-refractivity contribution >= 4 is 5.91 Å². The predicted octanol–water partition coefficient (Wildman–Crippen LogP) is 3.77. The van der Waals surface area contributed by atoms with Crippen molar-refractivity contribution in [3.8, 4) is 11.3 Å². The van der Waals surface area contributed by atoms with Crippen LogP contribution in [0.2, 0.25) is 0 Å². The minimum Gasteiger partial charge on any atom is -0.365 e. The fourth-order valence-electron chi connectivity index (χ4n) is 3.69. The molecule has 0 saturated heterocycles. The van der Waals surface area contributed by atoms with E-state index in [0.717, 1.165) is 18.5 Å². The Kier molecular flexibility index (Phi) is 8.19. The quantitative estimate of drug-likeness (QED) is 0.612. The van der Waals surface area contributed by atoms with Gasteiger partial charge < -0.3 is 19.5 Å². The first-order valence-electron chi connectivity index (χ1n) is 10.4. The molecule has 3 rings (SSSR count). The molecule has 2 aromatic rings. The van der Waals surface area contributed by atoms with Gasteiger partial charge in [0, 0.05) is 24.2 Å². The lowest BCUT2D eigenvalue weighted by Crippen LogP contribution is -2.36. The number of hydrogen-bond donors (Lipinski definition) is 1. The van der Waals surface area contributed by atoms with Gasteiger partial charge in [-0.25, -0.2) is 4.39 Å². The summed E-state index contributed by atoms with van der Waals surface area (Å²) < 4.78 is 23.6. The molecule has 0 atom stereocenters. The molecule has 29 heavy (non-hydrogen) atoms. The zero-order chi connectivity index (χ0) is 20.5. The topological polar surface area (TPSA) is 67.6 Å². The highest BCUT2D eigenvalue weighted by Crippen LogP contribution is 2.22. The summed E-state index contributed by atoms with van der Waals surface area (Å²) >= 11 is 0. The maximum atomic E-state index is 13.0. The van der Waals surface area contributed by atoms with Crippen LogP contribution in [-0.4, -0.2) is 48.7 Å². The Hall–Kier alpha value is -2.25. The third-order valence-electron chi connectivity index (χ3n) is 5.38. The molecule has 0 bridgehead atoms. The van der Waals surface area contributed by atoms with Gasteiger partial charge in [-0.1, -0.05) is 24.4 Å². The first-order valence-corrected chi connectivity index (χ1v) is 10.4. The van der Waals surface area contributed by atoms with Gasteiger partial charge in [-0.15, -0.1) is 0 Å². The van der Waals surface area contributed by atoms with Crippen molar-refractivity contribution < 1.29 is 18.4 Å². The van der Waals surface area contributed by atoms with Crippen molar-refractivity contribution in [1.82, 2.24) is 15.4 Å². The molecule has 0 spiro atoms. The Morgan fingerprint density at radius 3 is 2.79 bits per heavy atom. The largest absolute Gasteiger partial charge is 0.365 e. The minimum absolute atomic E-state index is 0.0167. The fraction of sp³-hybridized carbons (Fsp3) is 0.545. The van der Waals surface area contributed by atoms with Gasteiger partial charge in [-0.2, -0.15) is 0 Å². The van der Waals surface area contributed by atoms with Crippen LogP contribution in [0.3, 0.4) is 0 Å². The van der Waals surface area contributed by atoms with Gasteiger partial charge in [-0.05, 0) is 57.1 Å². The standard InChI is InChI=1S/C22H30FN3O3/c1-26(20-6-3-2-4-7-20)13-5-12-24-22(27)16-28-15-19-14-21(29-25-19)17-8-10-18(23)11-9-17/h8-11,14,20H,2-7,12-13,15-16H2,1H3,(H,24,27). The fourth-order valence-corrected chi connectivity index (χ4v) is 3.69. The summed E-state index contributed by atoms with van der Waals surface area (Å²) in [6.07, 6.45) is 7.55. The monoisotopic (exact) mass is 403 g/mol. The third-order valence-corrected chi connectivity index (χ3v) is 5.38. The van der Waals surface area contributed by atoms with E-state index in [4.69, 9.17) is 9.26 Å². The van der Waals surface area contributed by atoms with E-state index < -0.39 is 0 Å². The summed E-state index contributed by atoms with van der Waals surface area (Å²) in [5.74, 6) is 0.103. The van der Waals surface area contributed by atoms with Crippen molar-refractivity contribution in [3.05, 3.63) is 41.8 Å². The summed E-state index contributed by atoms with van der Waals surface area (Å²) in [7, 11) is 2.18. The molecule has 6 nitrogen and oxygen atoms in total. The van der Waals surface area contributed by atoms with E-state index in [1.54, 1.807) is 18.2 Å². The van der Waals surface area contributed by atoms with Crippen LogP contribution >= 0.6 is 0 Å². The zero-order valence-corrected chi connectivity index (χ0v) is 17.0. The number of halogens is 1. The summed E-state index contributed by atoms with van der Waals surface area (Å²) in [5.41, 5.74) is 1.33. The molecule has 1 fully saturated rings. The van der Waals surface area contributed by atoms with Crippen LogP contribution in [0.4, 0.5) is 4.39 Å². The average molecular weight is 403 g/mol. The van der Waals surface area contributed by atoms with Crippen LogP contribution in [0.5, 0.6) is 0 Å². The molecule has 1 aromatic heterocycles. The van der Waals surface area contributed by atoms with E-state index in [9.17, 15) is 9.18 Å². The second kappa shape index (κ2) is 11.1. The normalized spacial score (nSPS) is 15.0. The molecule has 1 aliphatic rings. The van der Waals surface area contributed by atoms with Gasteiger partial charge in [-0.3, -0.25) is 4.79 Å². The number of carbonyl (C=O) groups is 1. The summed E-state index contributed by atoms with van der Waals surface area (Å²) in [6.45, 7) is 1.81. The Bertz CT molecular complexity index is 757. The molecular weight excluding hydrogens is 373 g/mol. The Balaban J connectivity index is 1.28. The lowest BCUT2D eigenvalue weighted by molar-refractivity contribution is -0.126. The molecule has 1 aliphatic carbocycles. The van der Waals surface area contributed by atoms with E-state index in [1.165, 1.54) is 44.2 Å². The van der Waals surface area contributed by atoms with E-state index >= 15 is 0 Å². The number of nitrogens with one attached hydrogen (secondary N) is 1. The van der Waals surface area contributed by atoms with Crippen molar-refractivity contribution in [2.45, 2.75) is 51.2 Å². The number of benzene rings is 1. The van der Waals surface area contributed by atoms with E-state index in [0.29, 0.717) is 24.0 Å². The lowest BCUT2D eigenvalue weighted by Gasteiger charge is -2.31. The minimum atomic E-state index is -0.302. The van der Waals surface area contributed by atoms with Crippen LogP contribution in [0.25, 0.3) is 11.3 Å². The van der Waals surface area contributed by atoms with E-state index in [1.807, 2.05) is 0 Å². The van der Waals surface area contributed by atoms with Gasteiger partial charge in [0.05, 0.1) is 6.61 Å². The maximum Gasteiger partial charge on any atom is 0.246 e. The van der Waals surface area contributed by atoms with E-state index in [-0.39, 0.29) is 24.9 Å². The van der Waals surface area contributed by atoms with Gasteiger partial charge in [0.25, 0.3) is 0 Å². The highest BCUT2D eigenvalue weighted by molar-refractivity contribution is 5.77. The number of aromatic nitrogens is 1. The van der Waals surface area contributed by atoms with Crippen LogP contribution in [0.1, 0.15) is 44.2 Å². The highest BCUT2D eigenvalue weighted by Gasteiger charge is 2.17. The second-order valence-electron chi connectivity index (χ2n) is 7.66. The predicted molar refractivity (Wildman–Crippen MR) is 109 cm³/mol. The van der Waals surface area contributed by atoms with Crippen LogP contribution in [-0.2, 0) is 16.1 Å². The smallest absolute Gasteiger partial charge is 0.246 e. The van der Waals surface area contributed by atoms with Crippen LogP contribution in [0, 0.1) is 5.82 Å². The molecule has 1 amide bonds. The van der Waals surface area contributed by atoms with Crippen molar-refractivity contribution in [1.29, 1.82) is 0 Å². The Morgan fingerprint density at radius 1 is 1.28 bits per heavy atom. The molecule has 0 unspecified atom stereocenters. The molecule has 158 valence electrons. The van der Waals surface area contributed by atoms with Crippen molar-refractivity contribution in [2.24, 2.45) is 0 Å². The first kappa shape index (κ1) is 21.5. The van der Waals surface area contributed by atoms with Crippen LogP contribution in [0.15, 0.2) is 34.9 Å². The number of amides is 1. The molecule has 1 heterocycles. The average Bonchev–Trinajstić information content (AvgIpc) is 3.21. The maximum absolute atomic E-state index is 13.0. The lowest BCUT2D eigenvalue weighted by atomic mass is 9.94. The molecule has 1 saturated carbocycles. The summed E-state index contributed by atoms with van der Waals surface area (Å²) in [4.78, 5) is 14.3. The second-order valence-corrected chi connectivity index (χ2v) is 7.66. The zero-order valence-electron chi connectivity index (χ0n) is 17.0. The number of nitrogens with zero attached hydrogens (tertiary/aromatic N) is 2. The Morgan fingerprint density at radius 2 is 2.03 bits per heavy atom. The molecule has 0 aliphatic heterocycles. The molecule has 7 heteroatoms. The number of hydrogen-bond acceptors (Lipinski definition) is 5. The third kappa shape index (κ3) is 6.94. The molecule has 1 aromatic carbocycles. The summed E-state index contributed by atoms with van der Waals surface area (Å²) in [5, 5.41) is 6.81. The van der Waals surface area contributed by atoms with Crippen molar-refractivity contribution in [2.75, 3.05) is 26.7 Å². The Labute approximate surface area is 171 Å². The van der Waals surface area contributed by atoms with Crippen molar-refractivity contribution in [3.63, 3.8) is 0 Å². The molecule has 0 radical (unpaired) electrons. The summed E-state index contributed by atoms with van der Waals surface area (Å²) in [6, 6.07) is 8.41. The van der Waals surface area contributed by atoms with Gasteiger partial charge in [0.2, 0.25) is 5.91 Å². The van der Waals surface area contributed by atoms with E-state index in [2.05, 4.69) is 22.4 Å². The van der Waals surface area contributed by atoms with Gasteiger partial charge in [0.1, 0.15) is 18.1 Å². The number of rotatable bonds is 10. The highest BCUT2D eigenvalue weighted by atomic mass is 19.1. The SMILES string of the molecule is CN(CCCNC(=O)COCc1cc(-c2ccc(F)cc2)on1)C1CCCCC1. The first-order chi connectivity index (χ1) is 14.1. The van der Waals surface area contributed by atoms with Gasteiger partial charge in [0.15, 0.2) is 5.76 Å². The van der Waals surface area contributed by atoms with Gasteiger partial charge >= 0.3 is 0 Å². The number of ether oxygens (including phenoxy) is 1. The molecular formula is C22H30FN3O3. The number of carbonyl (C=O) groups excluding carboxylic acids is 1. The van der Waals surface area contributed by atoms with Crippen LogP contribution < -0.4 is 5.32 Å². The molecule has 1 N–H and O–H groups in total.